The van der Waals surface area contributed by atoms with Crippen molar-refractivity contribution < 1.29 is 4.79 Å². The van der Waals surface area contributed by atoms with Crippen LogP contribution in [0.25, 0.3) is 0 Å². The van der Waals surface area contributed by atoms with Gasteiger partial charge >= 0.3 is 0 Å². The van der Waals surface area contributed by atoms with E-state index in [4.69, 9.17) is 0 Å². The highest BCUT2D eigenvalue weighted by molar-refractivity contribution is 14.0. The number of hydrogen-bond donors (Lipinski definition) is 3. The van der Waals surface area contributed by atoms with Gasteiger partial charge in [0, 0.05) is 19.6 Å². The Kier molecular flexibility index (Phi) is 14.5. The maximum absolute atomic E-state index is 11.3. The molecule has 0 aromatic carbocycles. The van der Waals surface area contributed by atoms with Crippen LogP contribution < -0.4 is 16.0 Å². The largest absolute Gasteiger partial charge is 0.357 e. The highest BCUT2D eigenvalue weighted by Crippen LogP contribution is 1.77. The third-order valence-electron chi connectivity index (χ3n) is 1.71. The van der Waals surface area contributed by atoms with Crippen LogP contribution in [-0.2, 0) is 4.79 Å². The Morgan fingerprint density at radius 2 is 2.00 bits per heavy atom. The molecular weight excluding hydrogens is 331 g/mol. The van der Waals surface area contributed by atoms with Crippen molar-refractivity contribution in [2.45, 2.75) is 20.3 Å². The summed E-state index contributed by atoms with van der Waals surface area (Å²) < 4.78 is 0. The number of halogens is 1. The van der Waals surface area contributed by atoms with E-state index in [1.54, 1.807) is 6.08 Å². The summed E-state index contributed by atoms with van der Waals surface area (Å²) >= 11 is 0. The number of nitrogens with one attached hydrogen (secondary N) is 3. The predicted molar refractivity (Wildman–Crippen MR) is 82.9 cm³/mol. The Labute approximate surface area is 121 Å². The van der Waals surface area contributed by atoms with Crippen molar-refractivity contribution in [3.8, 4) is 0 Å². The summed E-state index contributed by atoms with van der Waals surface area (Å²) in [4.78, 5) is 15.4. The first-order chi connectivity index (χ1) is 7.74. The van der Waals surface area contributed by atoms with Crippen molar-refractivity contribution in [1.82, 2.24) is 16.0 Å². The number of aliphatic imine (C=N–C) groups is 1. The van der Waals surface area contributed by atoms with E-state index in [1.807, 2.05) is 13.8 Å². The Bertz CT molecular complexity index is 244. The number of rotatable bonds is 7. The van der Waals surface area contributed by atoms with Crippen molar-refractivity contribution in [3.05, 3.63) is 12.7 Å². The van der Waals surface area contributed by atoms with Gasteiger partial charge in [-0.05, 0) is 13.3 Å². The third-order valence-corrected chi connectivity index (χ3v) is 1.71. The molecule has 0 heterocycles. The van der Waals surface area contributed by atoms with E-state index in [0.717, 1.165) is 13.0 Å². The molecule has 0 unspecified atom stereocenters. The van der Waals surface area contributed by atoms with Gasteiger partial charge in [0.1, 0.15) is 6.54 Å². The van der Waals surface area contributed by atoms with E-state index in [-0.39, 0.29) is 36.4 Å². The lowest BCUT2D eigenvalue weighted by Gasteiger charge is -2.09. The molecule has 5 nitrogen and oxygen atoms in total. The van der Waals surface area contributed by atoms with Crippen LogP contribution in [0, 0.1) is 0 Å². The highest BCUT2D eigenvalue weighted by Gasteiger charge is 1.99. The van der Waals surface area contributed by atoms with Gasteiger partial charge in [0.15, 0.2) is 5.96 Å². The lowest BCUT2D eigenvalue weighted by atomic mass is 10.4. The van der Waals surface area contributed by atoms with Crippen LogP contribution in [0.15, 0.2) is 17.6 Å². The third kappa shape index (κ3) is 11.5. The Morgan fingerprint density at radius 3 is 2.53 bits per heavy atom. The Morgan fingerprint density at radius 1 is 1.29 bits per heavy atom. The number of carbonyl (C=O) groups is 1. The predicted octanol–water partition coefficient (Wildman–Crippen LogP) is 0.872. The van der Waals surface area contributed by atoms with Gasteiger partial charge in [-0.1, -0.05) is 13.0 Å². The van der Waals surface area contributed by atoms with Gasteiger partial charge < -0.3 is 16.0 Å². The molecule has 0 fully saturated rings. The normalized spacial score (nSPS) is 10.1. The second-order valence-electron chi connectivity index (χ2n) is 3.21. The molecule has 0 aromatic heterocycles. The number of carbonyl (C=O) groups excluding carboxylic acids is 1. The summed E-state index contributed by atoms with van der Waals surface area (Å²) in [5.74, 6) is 0.576. The van der Waals surface area contributed by atoms with Crippen LogP contribution >= 0.6 is 24.0 Å². The minimum atomic E-state index is -0.0577. The van der Waals surface area contributed by atoms with Gasteiger partial charge in [0.05, 0.1) is 0 Å². The number of nitrogens with zero attached hydrogens (tertiary/aromatic N) is 1. The van der Waals surface area contributed by atoms with Crippen LogP contribution in [0.5, 0.6) is 0 Å². The molecule has 0 saturated heterocycles. The average Bonchev–Trinajstić information content (AvgIpc) is 2.30. The van der Waals surface area contributed by atoms with Crippen molar-refractivity contribution >= 4 is 35.8 Å². The molecule has 3 N–H and O–H groups in total. The number of guanidine groups is 1. The fourth-order valence-corrected chi connectivity index (χ4v) is 0.982. The molecule has 0 rings (SSSR count). The molecule has 17 heavy (non-hydrogen) atoms. The summed E-state index contributed by atoms with van der Waals surface area (Å²) in [6.45, 7) is 9.83. The summed E-state index contributed by atoms with van der Waals surface area (Å²) in [6.07, 6.45) is 2.67. The molecule has 0 aliphatic carbocycles. The molecule has 100 valence electrons. The van der Waals surface area contributed by atoms with Crippen LogP contribution in [0.4, 0.5) is 0 Å². The molecule has 0 aromatic rings. The first kappa shape index (κ1) is 18.6. The van der Waals surface area contributed by atoms with Crippen LogP contribution in [0.3, 0.4) is 0 Å². The van der Waals surface area contributed by atoms with E-state index in [9.17, 15) is 4.79 Å². The summed E-state index contributed by atoms with van der Waals surface area (Å²) in [7, 11) is 0. The molecule has 0 atom stereocenters. The fraction of sp³-hybridized carbons (Fsp3) is 0.636. The van der Waals surface area contributed by atoms with Gasteiger partial charge in [0.2, 0.25) is 5.91 Å². The van der Waals surface area contributed by atoms with Crippen molar-refractivity contribution in [2.75, 3.05) is 26.2 Å². The van der Waals surface area contributed by atoms with E-state index in [0.29, 0.717) is 19.0 Å². The van der Waals surface area contributed by atoms with E-state index in [2.05, 4.69) is 27.5 Å². The van der Waals surface area contributed by atoms with Gasteiger partial charge in [-0.15, -0.1) is 30.6 Å². The van der Waals surface area contributed by atoms with Gasteiger partial charge in [-0.3, -0.25) is 4.79 Å². The van der Waals surface area contributed by atoms with E-state index >= 15 is 0 Å². The molecule has 0 aliphatic rings. The minimum absolute atomic E-state index is 0. The van der Waals surface area contributed by atoms with Gasteiger partial charge in [-0.25, -0.2) is 4.99 Å². The van der Waals surface area contributed by atoms with E-state index < -0.39 is 0 Å². The van der Waals surface area contributed by atoms with E-state index in [1.165, 1.54) is 0 Å². The fourth-order valence-electron chi connectivity index (χ4n) is 0.982. The molecule has 1 amide bonds. The van der Waals surface area contributed by atoms with Crippen LogP contribution in [-0.4, -0.2) is 38.0 Å². The van der Waals surface area contributed by atoms with Crippen molar-refractivity contribution in [3.63, 3.8) is 0 Å². The monoisotopic (exact) mass is 354 g/mol. The lowest BCUT2D eigenvalue weighted by Crippen LogP contribution is -2.38. The Hall–Kier alpha value is -0.790. The number of amides is 1. The topological polar surface area (TPSA) is 65.5 Å². The second-order valence-corrected chi connectivity index (χ2v) is 3.21. The molecule has 0 saturated carbocycles. The van der Waals surface area contributed by atoms with Crippen LogP contribution in [0.1, 0.15) is 20.3 Å². The maximum atomic E-state index is 11.3. The van der Waals surface area contributed by atoms with Gasteiger partial charge in [-0.2, -0.15) is 0 Å². The molecule has 0 bridgehead atoms. The quantitative estimate of drug-likeness (QED) is 0.275. The Balaban J connectivity index is 0. The van der Waals surface area contributed by atoms with Crippen molar-refractivity contribution in [2.24, 2.45) is 4.99 Å². The smallest absolute Gasteiger partial charge is 0.241 e. The van der Waals surface area contributed by atoms with Crippen LogP contribution in [0.2, 0.25) is 0 Å². The summed E-state index contributed by atoms with van der Waals surface area (Å²) in [5.41, 5.74) is 0. The molecule has 6 heteroatoms. The standard InChI is InChI=1S/C11H22N4O.HI/c1-4-7-13-10(16)9-15-11(12-6-3)14-8-5-2;/h5H,2,4,6-9H2,1,3H3,(H,13,16)(H2,12,14,15);1H. The second kappa shape index (κ2) is 13.3. The first-order valence-electron chi connectivity index (χ1n) is 5.64. The molecule has 0 spiro atoms. The lowest BCUT2D eigenvalue weighted by molar-refractivity contribution is -0.119. The zero-order valence-corrected chi connectivity index (χ0v) is 12.9. The highest BCUT2D eigenvalue weighted by atomic mass is 127. The summed E-state index contributed by atoms with van der Waals surface area (Å²) in [5, 5.41) is 8.83. The molecule has 0 radical (unpaired) electrons. The zero-order valence-electron chi connectivity index (χ0n) is 10.6. The van der Waals surface area contributed by atoms with Gasteiger partial charge in [0.25, 0.3) is 0 Å². The van der Waals surface area contributed by atoms with Crippen molar-refractivity contribution in [1.29, 1.82) is 0 Å². The maximum Gasteiger partial charge on any atom is 0.241 e. The SMILES string of the molecule is C=CCNC(=NCC(=O)NCCC)NCC.I. The molecule has 0 aliphatic heterocycles. The minimum Gasteiger partial charge on any atom is -0.357 e. The number of hydrogen-bond acceptors (Lipinski definition) is 2. The first-order valence-corrected chi connectivity index (χ1v) is 5.64. The summed E-state index contributed by atoms with van der Waals surface area (Å²) in [6, 6.07) is 0. The average molecular weight is 354 g/mol. The molecular formula is C11H23IN4O. The zero-order chi connectivity index (χ0) is 12.2.